The highest BCUT2D eigenvalue weighted by atomic mass is 35.5. The molecule has 0 aromatic heterocycles. The Hall–Kier alpha value is -2.09. The van der Waals surface area contributed by atoms with E-state index in [2.05, 4.69) is 16.3 Å². The van der Waals surface area contributed by atoms with Crippen LogP contribution in [0.5, 0.6) is 0 Å². The SMILES string of the molecule is CC[C@@H](F)c1cc(N2CCNCC2)cc(-c2ccccc2C#N)c1Cl. The zero-order valence-corrected chi connectivity index (χ0v) is 15.0. The van der Waals surface area contributed by atoms with Gasteiger partial charge in [-0.05, 0) is 24.6 Å². The molecule has 1 atom stereocenters. The molecule has 1 N–H and O–H groups in total. The number of nitrogens with one attached hydrogen (secondary N) is 1. The molecule has 5 heteroatoms. The lowest BCUT2D eigenvalue weighted by molar-refractivity contribution is 0.335. The molecule has 0 unspecified atom stereocenters. The molecule has 130 valence electrons. The van der Waals surface area contributed by atoms with Gasteiger partial charge in [-0.25, -0.2) is 4.39 Å². The predicted molar refractivity (Wildman–Crippen MR) is 101 cm³/mol. The first-order valence-corrected chi connectivity index (χ1v) is 8.96. The maximum absolute atomic E-state index is 14.6. The molecule has 1 aliphatic heterocycles. The fourth-order valence-electron chi connectivity index (χ4n) is 3.20. The molecule has 3 rings (SSSR count). The largest absolute Gasteiger partial charge is 0.369 e. The quantitative estimate of drug-likeness (QED) is 0.861. The average molecular weight is 358 g/mol. The normalized spacial score (nSPS) is 15.7. The maximum atomic E-state index is 14.6. The number of halogens is 2. The second-order valence-corrected chi connectivity index (χ2v) is 6.54. The van der Waals surface area contributed by atoms with Crippen molar-refractivity contribution in [2.24, 2.45) is 0 Å². The third kappa shape index (κ3) is 3.63. The number of hydrogen-bond acceptors (Lipinski definition) is 3. The molecular weight excluding hydrogens is 337 g/mol. The molecule has 0 radical (unpaired) electrons. The summed E-state index contributed by atoms with van der Waals surface area (Å²) in [4.78, 5) is 2.23. The van der Waals surface area contributed by atoms with E-state index in [1.54, 1.807) is 13.0 Å². The van der Waals surface area contributed by atoms with Crippen LogP contribution in [0.1, 0.15) is 30.6 Å². The number of alkyl halides is 1. The Balaban J connectivity index is 2.17. The number of hydrogen-bond donors (Lipinski definition) is 1. The van der Waals surface area contributed by atoms with Crippen molar-refractivity contribution in [1.82, 2.24) is 5.32 Å². The van der Waals surface area contributed by atoms with Gasteiger partial charge in [0.1, 0.15) is 6.17 Å². The van der Waals surface area contributed by atoms with Crippen molar-refractivity contribution in [2.75, 3.05) is 31.1 Å². The molecule has 0 aliphatic carbocycles. The van der Waals surface area contributed by atoms with Crippen LogP contribution in [0.25, 0.3) is 11.1 Å². The molecule has 3 nitrogen and oxygen atoms in total. The summed E-state index contributed by atoms with van der Waals surface area (Å²) in [6.07, 6.45) is -0.757. The first-order valence-electron chi connectivity index (χ1n) is 8.58. The predicted octanol–water partition coefficient (Wildman–Crippen LogP) is 4.71. The summed E-state index contributed by atoms with van der Waals surface area (Å²) in [5, 5.41) is 13.2. The number of nitrogens with zero attached hydrogens (tertiary/aromatic N) is 2. The summed E-state index contributed by atoms with van der Waals surface area (Å²) in [7, 11) is 0. The minimum absolute atomic E-state index is 0.365. The molecule has 1 aliphatic rings. The van der Waals surface area contributed by atoms with E-state index in [0.717, 1.165) is 43.0 Å². The van der Waals surface area contributed by atoms with Gasteiger partial charge in [0, 0.05) is 48.6 Å². The first-order chi connectivity index (χ1) is 12.2. The third-order valence-corrected chi connectivity index (χ3v) is 5.02. The fraction of sp³-hybridized carbons (Fsp3) is 0.350. The lowest BCUT2D eigenvalue weighted by Crippen LogP contribution is -2.43. The van der Waals surface area contributed by atoms with Crippen LogP contribution in [0, 0.1) is 11.3 Å². The van der Waals surface area contributed by atoms with Crippen molar-refractivity contribution in [3.05, 3.63) is 52.5 Å². The van der Waals surface area contributed by atoms with E-state index in [0.29, 0.717) is 22.6 Å². The van der Waals surface area contributed by atoms with Crippen LogP contribution in [0.3, 0.4) is 0 Å². The van der Waals surface area contributed by atoms with E-state index in [1.165, 1.54) is 0 Å². The van der Waals surface area contributed by atoms with Gasteiger partial charge >= 0.3 is 0 Å². The number of piperazine rings is 1. The molecular formula is C20H21ClFN3. The standard InChI is InChI=1S/C20H21ClFN3/c1-2-19(22)18-12-15(25-9-7-24-8-10-25)11-17(20(18)21)16-6-4-3-5-14(16)13-23/h3-6,11-12,19,24H,2,7-10H2,1H3/t19-/m1/s1. The van der Waals surface area contributed by atoms with Crippen LogP contribution >= 0.6 is 11.6 Å². The molecule has 0 amide bonds. The van der Waals surface area contributed by atoms with Crippen molar-refractivity contribution in [2.45, 2.75) is 19.5 Å². The lowest BCUT2D eigenvalue weighted by atomic mass is 9.95. The van der Waals surface area contributed by atoms with Crippen molar-refractivity contribution in [1.29, 1.82) is 5.26 Å². The highest BCUT2D eigenvalue weighted by molar-refractivity contribution is 6.34. The molecule has 0 saturated carbocycles. The van der Waals surface area contributed by atoms with Crippen LogP contribution in [0.4, 0.5) is 10.1 Å². The van der Waals surface area contributed by atoms with Gasteiger partial charge in [0.25, 0.3) is 0 Å². The highest BCUT2D eigenvalue weighted by Crippen LogP contribution is 2.40. The Bertz CT molecular complexity index is 794. The van der Waals surface area contributed by atoms with Crippen molar-refractivity contribution in [3.8, 4) is 17.2 Å². The Kier molecular flexibility index (Phi) is 5.57. The Morgan fingerprint density at radius 3 is 2.64 bits per heavy atom. The Labute approximate surface area is 153 Å². The van der Waals surface area contributed by atoms with Gasteiger partial charge in [-0.15, -0.1) is 0 Å². The number of rotatable bonds is 4. The number of anilines is 1. The minimum atomic E-state index is -1.12. The molecule has 0 spiro atoms. The number of benzene rings is 2. The second-order valence-electron chi connectivity index (χ2n) is 6.17. The topological polar surface area (TPSA) is 39.1 Å². The van der Waals surface area contributed by atoms with Crippen LogP contribution in [0.2, 0.25) is 5.02 Å². The second kappa shape index (κ2) is 7.86. The van der Waals surface area contributed by atoms with Crippen LogP contribution < -0.4 is 10.2 Å². The average Bonchev–Trinajstić information content (AvgIpc) is 2.68. The monoisotopic (exact) mass is 357 g/mol. The fourth-order valence-corrected chi connectivity index (χ4v) is 3.53. The van der Waals surface area contributed by atoms with E-state index in [1.807, 2.05) is 30.3 Å². The maximum Gasteiger partial charge on any atom is 0.126 e. The summed E-state index contributed by atoms with van der Waals surface area (Å²) < 4.78 is 14.6. The van der Waals surface area contributed by atoms with E-state index in [-0.39, 0.29) is 0 Å². The molecule has 0 bridgehead atoms. The molecule has 2 aromatic carbocycles. The molecule has 1 fully saturated rings. The van der Waals surface area contributed by atoms with Crippen LogP contribution in [0.15, 0.2) is 36.4 Å². The van der Waals surface area contributed by atoms with Gasteiger partial charge in [-0.1, -0.05) is 36.7 Å². The zero-order chi connectivity index (χ0) is 17.8. The summed E-state index contributed by atoms with van der Waals surface area (Å²) in [6.45, 7) is 5.33. The summed E-state index contributed by atoms with van der Waals surface area (Å²) in [5.74, 6) is 0. The van der Waals surface area contributed by atoms with Gasteiger partial charge in [0.05, 0.1) is 16.7 Å². The van der Waals surface area contributed by atoms with Crippen LogP contribution in [-0.2, 0) is 0 Å². The minimum Gasteiger partial charge on any atom is -0.369 e. The smallest absolute Gasteiger partial charge is 0.126 e. The van der Waals surface area contributed by atoms with E-state index >= 15 is 0 Å². The van der Waals surface area contributed by atoms with Gasteiger partial charge in [0.2, 0.25) is 0 Å². The zero-order valence-electron chi connectivity index (χ0n) is 14.2. The van der Waals surface area contributed by atoms with Gasteiger partial charge in [-0.2, -0.15) is 5.26 Å². The van der Waals surface area contributed by atoms with E-state index < -0.39 is 6.17 Å². The van der Waals surface area contributed by atoms with Crippen molar-refractivity contribution >= 4 is 17.3 Å². The van der Waals surface area contributed by atoms with Crippen LogP contribution in [-0.4, -0.2) is 26.2 Å². The molecule has 1 saturated heterocycles. The Morgan fingerprint density at radius 2 is 1.96 bits per heavy atom. The lowest BCUT2D eigenvalue weighted by Gasteiger charge is -2.31. The highest BCUT2D eigenvalue weighted by Gasteiger charge is 2.21. The van der Waals surface area contributed by atoms with E-state index in [9.17, 15) is 9.65 Å². The molecule has 2 aromatic rings. The first kappa shape index (κ1) is 17.7. The molecule has 25 heavy (non-hydrogen) atoms. The van der Waals surface area contributed by atoms with Crippen molar-refractivity contribution in [3.63, 3.8) is 0 Å². The summed E-state index contributed by atoms with van der Waals surface area (Å²) >= 11 is 6.58. The molecule has 1 heterocycles. The van der Waals surface area contributed by atoms with E-state index in [4.69, 9.17) is 11.6 Å². The summed E-state index contributed by atoms with van der Waals surface area (Å²) in [6, 6.07) is 13.4. The Morgan fingerprint density at radius 1 is 1.24 bits per heavy atom. The number of nitriles is 1. The van der Waals surface area contributed by atoms with Gasteiger partial charge in [-0.3, -0.25) is 0 Å². The summed E-state index contributed by atoms with van der Waals surface area (Å²) in [5.41, 5.74) is 3.47. The van der Waals surface area contributed by atoms with Gasteiger partial charge < -0.3 is 10.2 Å². The third-order valence-electron chi connectivity index (χ3n) is 4.60. The van der Waals surface area contributed by atoms with Crippen molar-refractivity contribution < 1.29 is 4.39 Å². The van der Waals surface area contributed by atoms with Gasteiger partial charge in [0.15, 0.2) is 0 Å².